The van der Waals surface area contributed by atoms with Crippen LogP contribution in [0.1, 0.15) is 35.5 Å². The number of carboxylic acids is 1. The molecule has 0 atom stereocenters. The fraction of sp³-hybridized carbons (Fsp3) is 0.323. The number of carbonyl (C=O) groups is 3. The maximum atomic E-state index is 13.3. The molecular formula is C31H34N6O4S. The highest BCUT2D eigenvalue weighted by Crippen LogP contribution is 2.33. The van der Waals surface area contributed by atoms with Crippen LogP contribution in [0, 0.1) is 0 Å². The van der Waals surface area contributed by atoms with Crippen LogP contribution in [0.15, 0.2) is 60.7 Å². The third kappa shape index (κ3) is 6.52. The third-order valence-corrected chi connectivity index (χ3v) is 8.53. The molecule has 42 heavy (non-hydrogen) atoms. The molecule has 2 aromatic heterocycles. The van der Waals surface area contributed by atoms with Gasteiger partial charge in [-0.3, -0.25) is 14.9 Å². The zero-order valence-corrected chi connectivity index (χ0v) is 24.6. The molecular weight excluding hydrogens is 552 g/mol. The van der Waals surface area contributed by atoms with E-state index in [1.165, 1.54) is 4.90 Å². The van der Waals surface area contributed by atoms with Crippen molar-refractivity contribution in [2.24, 2.45) is 0 Å². The monoisotopic (exact) mass is 586 g/mol. The lowest BCUT2D eigenvalue weighted by Gasteiger charge is -2.35. The first-order chi connectivity index (χ1) is 20.4. The fourth-order valence-corrected chi connectivity index (χ4v) is 5.94. The summed E-state index contributed by atoms with van der Waals surface area (Å²) >= 11 is 1.56. The topological polar surface area (TPSA) is 119 Å². The second-order valence-electron chi connectivity index (χ2n) is 10.0. The SMILES string of the molecule is CCc1cc2c(N3CCN(C(=O)c4ccc(-c5ccccc5)cc4)CC3)nc(NC(=O)N(CC)CCC(=O)O)nc2s1. The van der Waals surface area contributed by atoms with Crippen molar-refractivity contribution in [2.45, 2.75) is 26.7 Å². The standard InChI is InChI=1S/C31H34N6O4S/c1-3-24-20-25-27(32-30(33-28(25)42-24)34-31(41)35(4-2)15-14-26(38)39)36-16-18-37(19-17-36)29(40)23-12-10-22(11-13-23)21-8-6-5-7-9-21/h5-13,20H,3-4,14-19H2,1-2H3,(H,38,39)(H,32,33,34,41). The Morgan fingerprint density at radius 3 is 2.29 bits per heavy atom. The van der Waals surface area contributed by atoms with E-state index in [1.54, 1.807) is 18.3 Å². The lowest BCUT2D eigenvalue weighted by molar-refractivity contribution is -0.137. The summed E-state index contributed by atoms with van der Waals surface area (Å²) in [5.74, 6) is -0.0643. The van der Waals surface area contributed by atoms with Crippen LogP contribution in [-0.4, -0.2) is 82.1 Å². The molecule has 1 aliphatic rings. The average molecular weight is 587 g/mol. The van der Waals surface area contributed by atoms with Gasteiger partial charge in [-0.2, -0.15) is 4.98 Å². The molecule has 3 amide bonds. The van der Waals surface area contributed by atoms with Gasteiger partial charge in [0.2, 0.25) is 5.95 Å². The lowest BCUT2D eigenvalue weighted by atomic mass is 10.0. The summed E-state index contributed by atoms with van der Waals surface area (Å²) in [6, 6.07) is 19.5. The molecule has 0 saturated carbocycles. The Balaban J connectivity index is 1.30. The third-order valence-electron chi connectivity index (χ3n) is 7.36. The number of carboxylic acid groups (broad SMARTS) is 1. The highest BCUT2D eigenvalue weighted by Gasteiger charge is 2.26. The number of urea groups is 1. The highest BCUT2D eigenvalue weighted by atomic mass is 32.1. The van der Waals surface area contributed by atoms with E-state index in [4.69, 9.17) is 10.1 Å². The Morgan fingerprint density at radius 1 is 0.952 bits per heavy atom. The van der Waals surface area contributed by atoms with E-state index in [9.17, 15) is 14.4 Å². The largest absolute Gasteiger partial charge is 0.481 e. The number of carbonyl (C=O) groups excluding carboxylic acids is 2. The zero-order chi connectivity index (χ0) is 29.6. The molecule has 0 unspecified atom stereocenters. The molecule has 3 heterocycles. The molecule has 2 N–H and O–H groups in total. The molecule has 11 heteroatoms. The second-order valence-corrected chi connectivity index (χ2v) is 11.1. The Labute approximate surface area is 248 Å². The first-order valence-corrected chi connectivity index (χ1v) is 15.0. The van der Waals surface area contributed by atoms with E-state index in [2.05, 4.69) is 28.2 Å². The van der Waals surface area contributed by atoms with Crippen LogP contribution in [0.2, 0.25) is 0 Å². The lowest BCUT2D eigenvalue weighted by Crippen LogP contribution is -2.49. The summed E-state index contributed by atoms with van der Waals surface area (Å²) in [5, 5.41) is 12.7. The molecule has 0 bridgehead atoms. The normalized spacial score (nSPS) is 13.3. The van der Waals surface area contributed by atoms with Gasteiger partial charge < -0.3 is 19.8 Å². The van der Waals surface area contributed by atoms with Gasteiger partial charge in [-0.05, 0) is 42.7 Å². The molecule has 0 radical (unpaired) electrons. The molecule has 1 fully saturated rings. The number of piperazine rings is 1. The van der Waals surface area contributed by atoms with Crippen LogP contribution < -0.4 is 10.2 Å². The van der Waals surface area contributed by atoms with Crippen molar-refractivity contribution in [2.75, 3.05) is 49.5 Å². The first-order valence-electron chi connectivity index (χ1n) is 14.1. The molecule has 5 rings (SSSR count). The maximum absolute atomic E-state index is 13.3. The van der Waals surface area contributed by atoms with Crippen molar-refractivity contribution < 1.29 is 19.5 Å². The van der Waals surface area contributed by atoms with E-state index < -0.39 is 12.0 Å². The summed E-state index contributed by atoms with van der Waals surface area (Å²) in [6.45, 7) is 6.58. The van der Waals surface area contributed by atoms with Gasteiger partial charge in [-0.1, -0.05) is 49.4 Å². The Morgan fingerprint density at radius 2 is 1.64 bits per heavy atom. The van der Waals surface area contributed by atoms with Crippen LogP contribution in [0.5, 0.6) is 0 Å². The number of thiophene rings is 1. The number of fused-ring (bicyclic) bond motifs is 1. The van der Waals surface area contributed by atoms with Crippen molar-refractivity contribution in [3.05, 3.63) is 71.1 Å². The van der Waals surface area contributed by atoms with Crippen LogP contribution in [0.3, 0.4) is 0 Å². The van der Waals surface area contributed by atoms with Crippen LogP contribution in [0.25, 0.3) is 21.3 Å². The predicted molar refractivity (Wildman–Crippen MR) is 165 cm³/mol. The summed E-state index contributed by atoms with van der Waals surface area (Å²) in [5.41, 5.74) is 2.84. The number of amides is 3. The Bertz CT molecular complexity index is 1570. The van der Waals surface area contributed by atoms with Gasteiger partial charge in [0.15, 0.2) is 0 Å². The van der Waals surface area contributed by atoms with Gasteiger partial charge in [0, 0.05) is 49.7 Å². The molecule has 4 aromatic rings. The van der Waals surface area contributed by atoms with Crippen molar-refractivity contribution in [3.8, 4) is 11.1 Å². The van der Waals surface area contributed by atoms with Crippen LogP contribution in [-0.2, 0) is 11.2 Å². The molecule has 1 aliphatic heterocycles. The number of benzene rings is 2. The minimum Gasteiger partial charge on any atom is -0.481 e. The summed E-state index contributed by atoms with van der Waals surface area (Å²) in [7, 11) is 0. The van der Waals surface area contributed by atoms with E-state index in [1.807, 2.05) is 59.5 Å². The fourth-order valence-electron chi connectivity index (χ4n) is 4.98. The van der Waals surface area contributed by atoms with Crippen molar-refractivity contribution in [1.82, 2.24) is 19.8 Å². The van der Waals surface area contributed by atoms with Crippen molar-refractivity contribution in [3.63, 3.8) is 0 Å². The number of hydrogen-bond acceptors (Lipinski definition) is 7. The van der Waals surface area contributed by atoms with Crippen LogP contribution >= 0.6 is 11.3 Å². The van der Waals surface area contributed by atoms with E-state index in [-0.39, 0.29) is 24.8 Å². The quantitative estimate of drug-likeness (QED) is 0.276. The molecule has 1 saturated heterocycles. The minimum absolute atomic E-state index is 0.000121. The summed E-state index contributed by atoms with van der Waals surface area (Å²) < 4.78 is 0. The minimum atomic E-state index is -0.964. The molecule has 0 aliphatic carbocycles. The van der Waals surface area contributed by atoms with Crippen molar-refractivity contribution in [1.29, 1.82) is 0 Å². The van der Waals surface area contributed by atoms with Gasteiger partial charge in [0.25, 0.3) is 5.91 Å². The number of aliphatic carboxylic acids is 1. The van der Waals surface area contributed by atoms with E-state index >= 15 is 0 Å². The number of aromatic nitrogens is 2. The van der Waals surface area contributed by atoms with Gasteiger partial charge >= 0.3 is 12.0 Å². The number of hydrogen-bond donors (Lipinski definition) is 2. The van der Waals surface area contributed by atoms with Gasteiger partial charge in [0.05, 0.1) is 11.8 Å². The van der Waals surface area contributed by atoms with Gasteiger partial charge in [-0.25, -0.2) is 9.78 Å². The average Bonchev–Trinajstić information content (AvgIpc) is 3.44. The number of nitrogens with zero attached hydrogens (tertiary/aromatic N) is 5. The van der Waals surface area contributed by atoms with Crippen molar-refractivity contribution >= 4 is 51.2 Å². The Hall–Kier alpha value is -4.51. The number of nitrogens with one attached hydrogen (secondary N) is 1. The first kappa shape index (κ1) is 29.0. The number of rotatable bonds is 9. The summed E-state index contributed by atoms with van der Waals surface area (Å²) in [6.07, 6.45) is 0.712. The smallest absolute Gasteiger partial charge is 0.324 e. The predicted octanol–water partition coefficient (Wildman–Crippen LogP) is 5.21. The molecule has 0 spiro atoms. The number of aryl methyl sites for hydroxylation is 1. The Kier molecular flexibility index (Phi) is 8.97. The van der Waals surface area contributed by atoms with E-state index in [0.29, 0.717) is 38.3 Å². The number of anilines is 2. The van der Waals surface area contributed by atoms with Gasteiger partial charge in [0.1, 0.15) is 10.6 Å². The maximum Gasteiger partial charge on any atom is 0.324 e. The zero-order valence-electron chi connectivity index (χ0n) is 23.7. The van der Waals surface area contributed by atoms with Gasteiger partial charge in [-0.15, -0.1) is 11.3 Å². The van der Waals surface area contributed by atoms with Crippen LogP contribution in [0.4, 0.5) is 16.6 Å². The second kappa shape index (κ2) is 13.0. The molecule has 218 valence electrons. The van der Waals surface area contributed by atoms with E-state index in [0.717, 1.165) is 38.5 Å². The molecule has 2 aromatic carbocycles. The highest BCUT2D eigenvalue weighted by molar-refractivity contribution is 7.18. The molecule has 10 nitrogen and oxygen atoms in total. The summed E-state index contributed by atoms with van der Waals surface area (Å²) in [4.78, 5) is 53.9.